The Morgan fingerprint density at radius 3 is 2.70 bits per heavy atom. The number of rotatable bonds is 3. The number of hydrogen-bond acceptors (Lipinski definition) is 5. The quantitative estimate of drug-likeness (QED) is 0.514. The number of H-pyrrole nitrogens is 1. The van der Waals surface area contributed by atoms with Crippen molar-refractivity contribution in [3.8, 4) is 17.3 Å². The minimum atomic E-state index is -0.0104. The first kappa shape index (κ1) is 15.5. The van der Waals surface area contributed by atoms with Crippen LogP contribution in [0.3, 0.4) is 0 Å². The lowest BCUT2D eigenvalue weighted by atomic mass is 10.0. The third-order valence-electron chi connectivity index (χ3n) is 4.60. The fourth-order valence-corrected chi connectivity index (χ4v) is 3.30. The van der Waals surface area contributed by atoms with Crippen molar-refractivity contribution in [1.29, 1.82) is 0 Å². The molecule has 3 heterocycles. The molecule has 0 aliphatic heterocycles. The summed E-state index contributed by atoms with van der Waals surface area (Å²) in [5.74, 6) is 1.06. The SMILES string of the molecule is Oc1c(-c2n[nH]c(Cc3cccc4ccccc34)n2)ncc2cccnc12. The van der Waals surface area contributed by atoms with Crippen LogP contribution in [0.1, 0.15) is 11.4 Å². The largest absolute Gasteiger partial charge is 0.504 e. The highest BCUT2D eigenvalue weighted by Gasteiger charge is 2.16. The molecule has 0 aliphatic carbocycles. The standard InChI is InChI=1S/C21H15N5O/c27-20-18-15(8-4-10-22-18)12-23-19(20)21-24-17(25-26-21)11-14-7-3-6-13-5-1-2-9-16(13)14/h1-10,12,27H,11H2,(H,24,25,26). The maximum absolute atomic E-state index is 10.5. The molecule has 0 saturated carbocycles. The van der Waals surface area contributed by atoms with E-state index in [1.807, 2.05) is 24.3 Å². The molecule has 0 amide bonds. The molecular weight excluding hydrogens is 338 g/mol. The Labute approximate surface area is 154 Å². The van der Waals surface area contributed by atoms with Crippen LogP contribution >= 0.6 is 0 Å². The number of fused-ring (bicyclic) bond motifs is 2. The predicted octanol–water partition coefficient (Wildman–Crippen LogP) is 3.86. The van der Waals surface area contributed by atoms with E-state index in [2.05, 4.69) is 49.4 Å². The van der Waals surface area contributed by atoms with Gasteiger partial charge in [-0.25, -0.2) is 9.97 Å². The number of aromatic nitrogens is 5. The van der Waals surface area contributed by atoms with Crippen molar-refractivity contribution in [2.45, 2.75) is 6.42 Å². The van der Waals surface area contributed by atoms with Crippen molar-refractivity contribution in [1.82, 2.24) is 25.1 Å². The van der Waals surface area contributed by atoms with Crippen molar-refractivity contribution in [3.63, 3.8) is 0 Å². The van der Waals surface area contributed by atoms with Crippen LogP contribution in [0.4, 0.5) is 0 Å². The van der Waals surface area contributed by atoms with Gasteiger partial charge < -0.3 is 5.11 Å². The summed E-state index contributed by atoms with van der Waals surface area (Å²) < 4.78 is 0. The monoisotopic (exact) mass is 353 g/mol. The van der Waals surface area contributed by atoms with E-state index in [9.17, 15) is 5.11 Å². The van der Waals surface area contributed by atoms with E-state index in [4.69, 9.17) is 0 Å². The molecule has 27 heavy (non-hydrogen) atoms. The number of pyridine rings is 2. The first-order valence-corrected chi connectivity index (χ1v) is 8.60. The Bertz CT molecular complexity index is 1270. The Morgan fingerprint density at radius 2 is 1.74 bits per heavy atom. The highest BCUT2D eigenvalue weighted by atomic mass is 16.3. The van der Waals surface area contributed by atoms with E-state index in [-0.39, 0.29) is 5.75 Å². The number of nitrogens with zero attached hydrogens (tertiary/aromatic N) is 4. The lowest BCUT2D eigenvalue weighted by Crippen LogP contribution is -1.93. The molecule has 6 heteroatoms. The summed E-state index contributed by atoms with van der Waals surface area (Å²) in [4.78, 5) is 13.1. The number of hydrogen-bond donors (Lipinski definition) is 2. The summed E-state index contributed by atoms with van der Waals surface area (Å²) in [7, 11) is 0. The summed E-state index contributed by atoms with van der Waals surface area (Å²) in [6.07, 6.45) is 3.91. The Balaban J connectivity index is 1.53. The number of nitrogens with one attached hydrogen (secondary N) is 1. The molecule has 0 saturated heterocycles. The van der Waals surface area contributed by atoms with Crippen LogP contribution in [0.15, 0.2) is 67.0 Å². The smallest absolute Gasteiger partial charge is 0.203 e. The average Bonchev–Trinajstić information content (AvgIpc) is 3.17. The molecule has 3 aromatic heterocycles. The second-order valence-corrected chi connectivity index (χ2v) is 6.32. The molecule has 2 N–H and O–H groups in total. The minimum absolute atomic E-state index is 0.0104. The summed E-state index contributed by atoms with van der Waals surface area (Å²) in [5, 5.41) is 20.9. The molecule has 0 unspecified atom stereocenters. The normalized spacial score (nSPS) is 11.3. The highest BCUT2D eigenvalue weighted by molar-refractivity contribution is 5.88. The molecule has 0 bridgehead atoms. The Kier molecular flexibility index (Phi) is 3.53. The Hall–Kier alpha value is -3.80. The summed E-state index contributed by atoms with van der Waals surface area (Å²) in [5.41, 5.74) is 1.97. The molecule has 2 aromatic carbocycles. The van der Waals surface area contributed by atoms with Crippen molar-refractivity contribution >= 4 is 21.7 Å². The van der Waals surface area contributed by atoms with Gasteiger partial charge in [-0.2, -0.15) is 5.10 Å². The van der Waals surface area contributed by atoms with Crippen LogP contribution < -0.4 is 0 Å². The van der Waals surface area contributed by atoms with Gasteiger partial charge in [0.25, 0.3) is 0 Å². The third kappa shape index (κ3) is 2.67. The third-order valence-corrected chi connectivity index (χ3v) is 4.60. The highest BCUT2D eigenvalue weighted by Crippen LogP contribution is 2.30. The molecule has 0 radical (unpaired) electrons. The van der Waals surface area contributed by atoms with E-state index in [0.717, 1.165) is 10.9 Å². The predicted molar refractivity (Wildman–Crippen MR) is 103 cm³/mol. The molecule has 0 spiro atoms. The van der Waals surface area contributed by atoms with E-state index in [0.29, 0.717) is 29.3 Å². The number of aromatic hydroxyl groups is 1. The first-order valence-electron chi connectivity index (χ1n) is 8.60. The van der Waals surface area contributed by atoms with Gasteiger partial charge in [0.15, 0.2) is 11.4 Å². The fraction of sp³-hybridized carbons (Fsp3) is 0.0476. The maximum Gasteiger partial charge on any atom is 0.203 e. The summed E-state index contributed by atoms with van der Waals surface area (Å²) in [6, 6.07) is 18.1. The molecule has 0 aliphatic rings. The summed E-state index contributed by atoms with van der Waals surface area (Å²) in [6.45, 7) is 0. The van der Waals surface area contributed by atoms with Gasteiger partial charge >= 0.3 is 0 Å². The van der Waals surface area contributed by atoms with Crippen molar-refractivity contribution in [2.24, 2.45) is 0 Å². The van der Waals surface area contributed by atoms with Crippen LogP contribution in [-0.2, 0) is 6.42 Å². The number of aromatic amines is 1. The van der Waals surface area contributed by atoms with Crippen LogP contribution in [0.25, 0.3) is 33.2 Å². The van der Waals surface area contributed by atoms with Crippen LogP contribution in [0.2, 0.25) is 0 Å². The zero-order valence-corrected chi connectivity index (χ0v) is 14.3. The average molecular weight is 353 g/mol. The Morgan fingerprint density at radius 1 is 0.889 bits per heavy atom. The van der Waals surface area contributed by atoms with Gasteiger partial charge in [-0.1, -0.05) is 42.5 Å². The zero-order chi connectivity index (χ0) is 18.2. The van der Waals surface area contributed by atoms with Crippen molar-refractivity contribution in [2.75, 3.05) is 0 Å². The van der Waals surface area contributed by atoms with Crippen molar-refractivity contribution in [3.05, 3.63) is 78.4 Å². The zero-order valence-electron chi connectivity index (χ0n) is 14.3. The molecular formula is C21H15N5O. The van der Waals surface area contributed by atoms with Crippen LogP contribution in [0, 0.1) is 0 Å². The second-order valence-electron chi connectivity index (χ2n) is 6.32. The first-order chi connectivity index (χ1) is 13.3. The van der Waals surface area contributed by atoms with Gasteiger partial charge in [-0.05, 0) is 28.5 Å². The molecule has 6 nitrogen and oxygen atoms in total. The fourth-order valence-electron chi connectivity index (χ4n) is 3.30. The maximum atomic E-state index is 10.5. The second kappa shape index (κ2) is 6.17. The molecule has 0 fully saturated rings. The molecule has 5 aromatic rings. The van der Waals surface area contributed by atoms with Gasteiger partial charge in [0.05, 0.1) is 0 Å². The van der Waals surface area contributed by atoms with E-state index < -0.39 is 0 Å². The van der Waals surface area contributed by atoms with Gasteiger partial charge in [-0.3, -0.25) is 10.1 Å². The lowest BCUT2D eigenvalue weighted by molar-refractivity contribution is 0.479. The van der Waals surface area contributed by atoms with Gasteiger partial charge in [0, 0.05) is 24.2 Å². The van der Waals surface area contributed by atoms with Crippen molar-refractivity contribution < 1.29 is 5.11 Å². The molecule has 0 atom stereocenters. The van der Waals surface area contributed by atoms with E-state index >= 15 is 0 Å². The molecule has 130 valence electrons. The van der Waals surface area contributed by atoms with E-state index in [1.165, 1.54) is 10.8 Å². The van der Waals surface area contributed by atoms with Crippen LogP contribution in [-0.4, -0.2) is 30.3 Å². The van der Waals surface area contributed by atoms with Crippen LogP contribution in [0.5, 0.6) is 5.75 Å². The van der Waals surface area contributed by atoms with E-state index in [1.54, 1.807) is 18.5 Å². The summed E-state index contributed by atoms with van der Waals surface area (Å²) >= 11 is 0. The molecule has 5 rings (SSSR count). The van der Waals surface area contributed by atoms with Gasteiger partial charge in [0.1, 0.15) is 11.3 Å². The topological polar surface area (TPSA) is 87.6 Å². The van der Waals surface area contributed by atoms with Gasteiger partial charge in [0.2, 0.25) is 5.82 Å². The minimum Gasteiger partial charge on any atom is -0.504 e. The number of benzene rings is 2. The van der Waals surface area contributed by atoms with Gasteiger partial charge in [-0.15, -0.1) is 0 Å². The lowest BCUT2D eigenvalue weighted by Gasteiger charge is -2.04.